The van der Waals surface area contributed by atoms with E-state index in [1.54, 1.807) is 43.5 Å². The van der Waals surface area contributed by atoms with Crippen LogP contribution in [0.5, 0.6) is 23.0 Å². The van der Waals surface area contributed by atoms with Crippen LogP contribution in [0, 0.1) is 0 Å². The Bertz CT molecular complexity index is 1330. The molecule has 0 bridgehead atoms. The summed E-state index contributed by atoms with van der Waals surface area (Å²) in [6.45, 7) is 0.120. The number of rotatable bonds is 9. The first-order chi connectivity index (χ1) is 17.3. The summed E-state index contributed by atoms with van der Waals surface area (Å²) in [5.41, 5.74) is 0.252. The second-order valence-electron chi connectivity index (χ2n) is 7.72. The first-order valence-corrected chi connectivity index (χ1v) is 12.8. The molecule has 36 heavy (non-hydrogen) atoms. The molecule has 1 atom stereocenters. The monoisotopic (exact) mass is 532 g/mol. The van der Waals surface area contributed by atoms with Crippen LogP contribution in [0.3, 0.4) is 0 Å². The average Bonchev–Trinajstić information content (AvgIpc) is 2.90. The number of nitrogens with zero attached hydrogens (tertiary/aromatic N) is 1. The summed E-state index contributed by atoms with van der Waals surface area (Å²) in [5, 5.41) is 3.07. The Morgan fingerprint density at radius 2 is 1.78 bits per heavy atom. The number of amides is 1. The number of hydrogen-bond acceptors (Lipinski definition) is 7. The number of fused-ring (bicyclic) bond motifs is 1. The Hall–Kier alpha value is -3.63. The normalized spacial score (nSPS) is 14.9. The molecule has 0 aliphatic carbocycles. The van der Waals surface area contributed by atoms with Crippen LogP contribution in [-0.2, 0) is 14.8 Å². The maximum atomic E-state index is 13.5. The van der Waals surface area contributed by atoms with Crippen LogP contribution in [0.4, 0.5) is 5.69 Å². The standard InChI is InChI=1S/C25H25ClN2O7S/c1-32-18-8-10-19(11-9-18)36(30,31)28-16-24(35-21-12-7-17(26)15-20(21)28)25(29)27-13-14-34-23-6-4-3-5-22(23)33-2/h3-12,15,24H,13-14,16H2,1-2H3,(H,27,29)/t24-/m0/s1. The summed E-state index contributed by atoms with van der Waals surface area (Å²) in [6, 6.07) is 17.8. The first-order valence-electron chi connectivity index (χ1n) is 11.0. The molecule has 1 N–H and O–H groups in total. The fraction of sp³-hybridized carbons (Fsp3) is 0.240. The second kappa shape index (κ2) is 11.0. The minimum absolute atomic E-state index is 0.0421. The molecule has 4 rings (SSSR count). The van der Waals surface area contributed by atoms with Crippen LogP contribution in [0.1, 0.15) is 0 Å². The van der Waals surface area contributed by atoms with Crippen LogP contribution < -0.4 is 28.6 Å². The van der Waals surface area contributed by atoms with E-state index in [4.69, 9.17) is 30.5 Å². The van der Waals surface area contributed by atoms with E-state index in [-0.39, 0.29) is 36.0 Å². The molecule has 9 nitrogen and oxygen atoms in total. The van der Waals surface area contributed by atoms with Gasteiger partial charge in [-0.1, -0.05) is 23.7 Å². The number of benzene rings is 3. The topological polar surface area (TPSA) is 103 Å². The van der Waals surface area contributed by atoms with E-state index >= 15 is 0 Å². The first kappa shape index (κ1) is 25.5. The van der Waals surface area contributed by atoms with Gasteiger partial charge in [0.2, 0.25) is 0 Å². The molecule has 1 aliphatic rings. The van der Waals surface area contributed by atoms with Crippen molar-refractivity contribution in [1.82, 2.24) is 5.32 Å². The molecule has 0 saturated carbocycles. The van der Waals surface area contributed by atoms with E-state index in [2.05, 4.69) is 5.32 Å². The molecule has 11 heteroatoms. The van der Waals surface area contributed by atoms with Gasteiger partial charge in [-0.05, 0) is 54.6 Å². The number of carbonyl (C=O) groups is 1. The van der Waals surface area contributed by atoms with Gasteiger partial charge in [0, 0.05) is 5.02 Å². The van der Waals surface area contributed by atoms with E-state index in [0.29, 0.717) is 22.3 Å². The van der Waals surface area contributed by atoms with Crippen LogP contribution in [-0.4, -0.2) is 54.3 Å². The van der Waals surface area contributed by atoms with Gasteiger partial charge in [-0.25, -0.2) is 8.42 Å². The van der Waals surface area contributed by atoms with Crippen LogP contribution in [0.2, 0.25) is 5.02 Å². The Morgan fingerprint density at radius 3 is 2.47 bits per heavy atom. The van der Waals surface area contributed by atoms with Gasteiger partial charge in [-0.15, -0.1) is 0 Å². The summed E-state index contributed by atoms with van der Waals surface area (Å²) < 4.78 is 50.1. The molecule has 190 valence electrons. The Morgan fingerprint density at radius 1 is 1.06 bits per heavy atom. The number of methoxy groups -OCH3 is 2. The molecule has 0 spiro atoms. The summed E-state index contributed by atoms with van der Waals surface area (Å²) in [7, 11) is -0.995. The van der Waals surface area contributed by atoms with E-state index in [0.717, 1.165) is 4.31 Å². The Labute approximate surface area is 214 Å². The average molecular weight is 533 g/mol. The molecular weight excluding hydrogens is 508 g/mol. The molecular formula is C25H25ClN2O7S. The van der Waals surface area contributed by atoms with E-state index in [9.17, 15) is 13.2 Å². The molecule has 0 radical (unpaired) electrons. The minimum atomic E-state index is -4.03. The highest BCUT2D eigenvalue weighted by molar-refractivity contribution is 7.92. The van der Waals surface area contributed by atoms with Crippen molar-refractivity contribution in [3.8, 4) is 23.0 Å². The maximum Gasteiger partial charge on any atom is 0.264 e. The highest BCUT2D eigenvalue weighted by Gasteiger charge is 2.37. The Balaban J connectivity index is 1.49. The maximum absolute atomic E-state index is 13.5. The summed E-state index contributed by atoms with van der Waals surface area (Å²) >= 11 is 6.14. The second-order valence-corrected chi connectivity index (χ2v) is 10.0. The van der Waals surface area contributed by atoms with Gasteiger partial charge >= 0.3 is 0 Å². The number of ether oxygens (including phenoxy) is 4. The van der Waals surface area contributed by atoms with E-state index in [1.807, 2.05) is 12.1 Å². The molecule has 0 fully saturated rings. The lowest BCUT2D eigenvalue weighted by atomic mass is 10.2. The van der Waals surface area contributed by atoms with Crippen LogP contribution >= 0.6 is 11.6 Å². The molecule has 3 aromatic carbocycles. The van der Waals surface area contributed by atoms with Gasteiger partial charge in [0.05, 0.1) is 37.9 Å². The molecule has 0 unspecified atom stereocenters. The molecule has 1 heterocycles. The van der Waals surface area contributed by atoms with Gasteiger partial charge in [0.1, 0.15) is 18.1 Å². The number of hydrogen-bond donors (Lipinski definition) is 1. The number of nitrogens with one attached hydrogen (secondary N) is 1. The van der Waals surface area contributed by atoms with Crippen molar-refractivity contribution in [2.45, 2.75) is 11.0 Å². The van der Waals surface area contributed by atoms with Crippen molar-refractivity contribution in [2.24, 2.45) is 0 Å². The Kier molecular flexibility index (Phi) is 7.76. The summed E-state index contributed by atoms with van der Waals surface area (Å²) in [6.07, 6.45) is -1.09. The van der Waals surface area contributed by atoms with Gasteiger partial charge < -0.3 is 24.3 Å². The largest absolute Gasteiger partial charge is 0.497 e. The van der Waals surface area contributed by atoms with E-state index < -0.39 is 22.0 Å². The van der Waals surface area contributed by atoms with Crippen molar-refractivity contribution in [3.63, 3.8) is 0 Å². The lowest BCUT2D eigenvalue weighted by molar-refractivity contribution is -0.127. The number of anilines is 1. The third-order valence-corrected chi connectivity index (χ3v) is 7.49. The van der Waals surface area contributed by atoms with Crippen molar-refractivity contribution in [1.29, 1.82) is 0 Å². The molecule has 0 aromatic heterocycles. The smallest absolute Gasteiger partial charge is 0.264 e. The predicted molar refractivity (Wildman–Crippen MR) is 135 cm³/mol. The number of sulfonamides is 1. The molecule has 3 aromatic rings. The lowest BCUT2D eigenvalue weighted by Crippen LogP contribution is -2.51. The van der Waals surface area contributed by atoms with Gasteiger partial charge in [-0.3, -0.25) is 9.10 Å². The fourth-order valence-electron chi connectivity index (χ4n) is 3.65. The summed E-state index contributed by atoms with van der Waals surface area (Å²) in [5.74, 6) is 1.40. The number of para-hydroxylation sites is 2. The van der Waals surface area contributed by atoms with Crippen molar-refractivity contribution in [3.05, 3.63) is 71.8 Å². The van der Waals surface area contributed by atoms with Gasteiger partial charge in [0.15, 0.2) is 17.6 Å². The van der Waals surface area contributed by atoms with Crippen molar-refractivity contribution >= 4 is 33.2 Å². The molecule has 1 aliphatic heterocycles. The third-order valence-electron chi connectivity index (χ3n) is 5.46. The molecule has 0 saturated heterocycles. The lowest BCUT2D eigenvalue weighted by Gasteiger charge is -2.34. The number of halogens is 1. The molecule has 1 amide bonds. The van der Waals surface area contributed by atoms with Crippen LogP contribution in [0.15, 0.2) is 71.6 Å². The van der Waals surface area contributed by atoms with Gasteiger partial charge in [-0.2, -0.15) is 0 Å². The predicted octanol–water partition coefficient (Wildman–Crippen LogP) is 3.51. The van der Waals surface area contributed by atoms with Crippen molar-refractivity contribution in [2.75, 3.05) is 38.2 Å². The van der Waals surface area contributed by atoms with E-state index in [1.165, 1.54) is 25.3 Å². The van der Waals surface area contributed by atoms with Crippen LogP contribution in [0.25, 0.3) is 0 Å². The van der Waals surface area contributed by atoms with Gasteiger partial charge in [0.25, 0.3) is 15.9 Å². The third kappa shape index (κ3) is 5.44. The highest BCUT2D eigenvalue weighted by atomic mass is 35.5. The fourth-order valence-corrected chi connectivity index (χ4v) is 5.28. The quantitative estimate of drug-likeness (QED) is 0.421. The minimum Gasteiger partial charge on any atom is -0.497 e. The zero-order chi connectivity index (χ0) is 25.7. The SMILES string of the molecule is COc1ccc(S(=O)(=O)N2C[C@@H](C(=O)NCCOc3ccccc3OC)Oc3ccc(Cl)cc32)cc1. The zero-order valence-corrected chi connectivity index (χ0v) is 21.2. The number of carbonyl (C=O) groups excluding carboxylic acids is 1. The highest BCUT2D eigenvalue weighted by Crippen LogP contribution is 2.39. The van der Waals surface area contributed by atoms with Crippen molar-refractivity contribution < 1.29 is 32.2 Å². The zero-order valence-electron chi connectivity index (χ0n) is 19.6. The summed E-state index contributed by atoms with van der Waals surface area (Å²) in [4.78, 5) is 13.0.